The van der Waals surface area contributed by atoms with Crippen LogP contribution in [0.3, 0.4) is 0 Å². The Morgan fingerprint density at radius 2 is 1.94 bits per heavy atom. The van der Waals surface area contributed by atoms with Gasteiger partial charge in [0.25, 0.3) is 5.91 Å². The molecule has 0 saturated heterocycles. The molecule has 0 bridgehead atoms. The lowest BCUT2D eigenvalue weighted by Crippen LogP contribution is -2.26. The smallest absolute Gasteiger partial charge is 0.289 e. The highest BCUT2D eigenvalue weighted by atomic mass is 16.2. The van der Waals surface area contributed by atoms with Gasteiger partial charge in [0.15, 0.2) is 5.82 Å². The molecule has 1 heterocycles. The van der Waals surface area contributed by atoms with Gasteiger partial charge in [-0.25, -0.2) is 0 Å². The van der Waals surface area contributed by atoms with Crippen LogP contribution in [0.4, 0.5) is 0 Å². The highest BCUT2D eigenvalue weighted by Gasteiger charge is 2.17. The average Bonchev–Trinajstić information content (AvgIpc) is 2.83. The number of nitrogens with one attached hydrogen (secondary N) is 1. The van der Waals surface area contributed by atoms with Crippen molar-refractivity contribution in [3.05, 3.63) is 36.2 Å². The monoisotopic (exact) mass is 244 g/mol. The summed E-state index contributed by atoms with van der Waals surface area (Å²) >= 11 is 0. The van der Waals surface area contributed by atoms with Gasteiger partial charge >= 0.3 is 0 Å². The number of amides is 1. The van der Waals surface area contributed by atoms with E-state index >= 15 is 0 Å². The number of carbonyl (C=O) groups excluding carboxylic acids is 1. The van der Waals surface area contributed by atoms with Gasteiger partial charge in [0, 0.05) is 18.7 Å². The number of carbonyl (C=O) groups is 1. The maximum absolute atomic E-state index is 11.8. The molecule has 0 radical (unpaired) electrons. The van der Waals surface area contributed by atoms with Gasteiger partial charge in [-0.3, -0.25) is 4.79 Å². The normalized spacial score (nSPS) is 10.3. The maximum Gasteiger partial charge on any atom is 0.289 e. The second-order valence-corrected chi connectivity index (χ2v) is 3.82. The molecule has 0 unspecified atom stereocenters. The van der Waals surface area contributed by atoms with Crippen molar-refractivity contribution in [2.45, 2.75) is 20.4 Å². The Balaban J connectivity index is 2.42. The molecule has 2 rings (SSSR count). The molecule has 1 aromatic carbocycles. The van der Waals surface area contributed by atoms with E-state index in [2.05, 4.69) is 15.5 Å². The van der Waals surface area contributed by atoms with Crippen LogP contribution in [0.25, 0.3) is 11.4 Å². The van der Waals surface area contributed by atoms with Gasteiger partial charge in [0.05, 0.1) is 0 Å². The van der Waals surface area contributed by atoms with Gasteiger partial charge < -0.3 is 9.88 Å². The predicted molar refractivity (Wildman–Crippen MR) is 69.1 cm³/mol. The molecular weight excluding hydrogens is 228 g/mol. The number of aromatic nitrogens is 3. The molecule has 1 aromatic heterocycles. The molecular formula is C13H16N4O. The van der Waals surface area contributed by atoms with Crippen LogP contribution < -0.4 is 5.32 Å². The average molecular weight is 244 g/mol. The van der Waals surface area contributed by atoms with Crippen molar-refractivity contribution in [1.82, 2.24) is 20.1 Å². The zero-order valence-corrected chi connectivity index (χ0v) is 10.6. The third-order valence-electron chi connectivity index (χ3n) is 2.64. The fraction of sp³-hybridized carbons (Fsp3) is 0.308. The minimum Gasteiger partial charge on any atom is -0.350 e. The second-order valence-electron chi connectivity index (χ2n) is 3.82. The van der Waals surface area contributed by atoms with Gasteiger partial charge in [-0.15, -0.1) is 10.2 Å². The minimum atomic E-state index is -0.186. The summed E-state index contributed by atoms with van der Waals surface area (Å²) in [6.45, 7) is 5.08. The summed E-state index contributed by atoms with van der Waals surface area (Å²) in [5.41, 5.74) is 0.961. The van der Waals surface area contributed by atoms with E-state index in [1.54, 1.807) is 0 Å². The van der Waals surface area contributed by atoms with Crippen molar-refractivity contribution >= 4 is 5.91 Å². The van der Waals surface area contributed by atoms with Gasteiger partial charge in [-0.2, -0.15) is 0 Å². The Morgan fingerprint density at radius 1 is 1.22 bits per heavy atom. The quantitative estimate of drug-likeness (QED) is 0.890. The van der Waals surface area contributed by atoms with Gasteiger partial charge in [-0.1, -0.05) is 30.3 Å². The SMILES string of the molecule is CCNC(=O)c1nnc(-c2ccccc2)n1CC. The van der Waals surface area contributed by atoms with E-state index in [4.69, 9.17) is 0 Å². The molecule has 0 aliphatic heterocycles. The molecule has 0 aliphatic carbocycles. The Labute approximate surface area is 106 Å². The first-order valence-electron chi connectivity index (χ1n) is 6.04. The summed E-state index contributed by atoms with van der Waals surface area (Å²) in [6, 6.07) is 9.74. The standard InChI is InChI=1S/C13H16N4O/c1-3-14-13(18)12-16-15-11(17(12)4-2)10-8-6-5-7-9-10/h5-9H,3-4H2,1-2H3,(H,14,18). The molecule has 0 spiro atoms. The van der Waals surface area contributed by atoms with Gasteiger partial charge in [0.2, 0.25) is 5.82 Å². The largest absolute Gasteiger partial charge is 0.350 e. The number of rotatable bonds is 4. The highest BCUT2D eigenvalue weighted by Crippen LogP contribution is 2.17. The van der Waals surface area contributed by atoms with Gasteiger partial charge in [0.1, 0.15) is 0 Å². The van der Waals surface area contributed by atoms with E-state index in [1.165, 1.54) is 0 Å². The van der Waals surface area contributed by atoms with Crippen LogP contribution in [0, 0.1) is 0 Å². The molecule has 0 fully saturated rings. The minimum absolute atomic E-state index is 0.186. The van der Waals surface area contributed by atoms with Crippen molar-refractivity contribution in [2.24, 2.45) is 0 Å². The lowest BCUT2D eigenvalue weighted by Gasteiger charge is -2.07. The Bertz CT molecular complexity index is 533. The molecule has 5 heteroatoms. The molecule has 1 N–H and O–H groups in total. The predicted octanol–water partition coefficient (Wildman–Crippen LogP) is 1.71. The summed E-state index contributed by atoms with van der Waals surface area (Å²) in [5.74, 6) is 0.895. The van der Waals surface area contributed by atoms with Crippen molar-refractivity contribution in [3.8, 4) is 11.4 Å². The maximum atomic E-state index is 11.8. The summed E-state index contributed by atoms with van der Waals surface area (Å²) < 4.78 is 1.82. The number of hydrogen-bond acceptors (Lipinski definition) is 3. The lowest BCUT2D eigenvalue weighted by atomic mass is 10.2. The van der Waals surface area contributed by atoms with Crippen LogP contribution in [-0.4, -0.2) is 27.2 Å². The van der Waals surface area contributed by atoms with Crippen LogP contribution >= 0.6 is 0 Å². The van der Waals surface area contributed by atoms with E-state index in [9.17, 15) is 4.79 Å². The van der Waals surface area contributed by atoms with E-state index in [1.807, 2.05) is 48.7 Å². The first kappa shape index (κ1) is 12.3. The van der Waals surface area contributed by atoms with E-state index in [-0.39, 0.29) is 5.91 Å². The van der Waals surface area contributed by atoms with Crippen LogP contribution in [0.2, 0.25) is 0 Å². The van der Waals surface area contributed by atoms with E-state index in [0.29, 0.717) is 18.9 Å². The summed E-state index contributed by atoms with van der Waals surface area (Å²) in [6.07, 6.45) is 0. The van der Waals surface area contributed by atoms with Crippen LogP contribution in [0.15, 0.2) is 30.3 Å². The number of benzene rings is 1. The molecule has 18 heavy (non-hydrogen) atoms. The zero-order valence-electron chi connectivity index (χ0n) is 10.6. The Kier molecular flexibility index (Phi) is 3.72. The van der Waals surface area contributed by atoms with Crippen molar-refractivity contribution < 1.29 is 4.79 Å². The molecule has 94 valence electrons. The lowest BCUT2D eigenvalue weighted by molar-refractivity contribution is 0.0941. The summed E-state index contributed by atoms with van der Waals surface area (Å²) in [4.78, 5) is 11.8. The van der Waals surface area contributed by atoms with Crippen LogP contribution in [0.1, 0.15) is 24.5 Å². The van der Waals surface area contributed by atoms with Crippen molar-refractivity contribution in [2.75, 3.05) is 6.54 Å². The topological polar surface area (TPSA) is 59.8 Å². The summed E-state index contributed by atoms with van der Waals surface area (Å²) in [5, 5.41) is 10.8. The molecule has 1 amide bonds. The first-order chi connectivity index (χ1) is 8.77. The van der Waals surface area contributed by atoms with E-state index < -0.39 is 0 Å². The van der Waals surface area contributed by atoms with Crippen molar-refractivity contribution in [1.29, 1.82) is 0 Å². The first-order valence-corrected chi connectivity index (χ1v) is 6.04. The second kappa shape index (κ2) is 5.44. The fourth-order valence-corrected chi connectivity index (χ4v) is 1.81. The molecule has 2 aromatic rings. The van der Waals surface area contributed by atoms with Crippen LogP contribution in [-0.2, 0) is 6.54 Å². The molecule has 0 atom stereocenters. The molecule has 0 aliphatic rings. The van der Waals surface area contributed by atoms with E-state index in [0.717, 1.165) is 11.4 Å². The number of nitrogens with zero attached hydrogens (tertiary/aromatic N) is 3. The Morgan fingerprint density at radius 3 is 2.56 bits per heavy atom. The third-order valence-corrected chi connectivity index (χ3v) is 2.64. The molecule has 0 saturated carbocycles. The molecule has 5 nitrogen and oxygen atoms in total. The zero-order chi connectivity index (χ0) is 13.0. The van der Waals surface area contributed by atoms with Gasteiger partial charge in [-0.05, 0) is 13.8 Å². The third kappa shape index (κ3) is 2.25. The van der Waals surface area contributed by atoms with Crippen molar-refractivity contribution in [3.63, 3.8) is 0 Å². The summed E-state index contributed by atoms with van der Waals surface area (Å²) in [7, 11) is 0. The Hall–Kier alpha value is -2.17. The van der Waals surface area contributed by atoms with Crippen LogP contribution in [0.5, 0.6) is 0 Å². The highest BCUT2D eigenvalue weighted by molar-refractivity contribution is 5.91. The fourth-order valence-electron chi connectivity index (χ4n) is 1.81. The number of hydrogen-bond donors (Lipinski definition) is 1.